The van der Waals surface area contributed by atoms with Crippen molar-refractivity contribution in [1.82, 2.24) is 5.32 Å². The third kappa shape index (κ3) is 6.31. The normalized spacial score (nSPS) is 14.4. The lowest BCUT2D eigenvalue weighted by Gasteiger charge is -2.11. The van der Waals surface area contributed by atoms with E-state index in [4.69, 9.17) is 0 Å². The van der Waals surface area contributed by atoms with Gasteiger partial charge in [-0.3, -0.25) is 4.21 Å². The molecule has 1 aromatic carbocycles. The van der Waals surface area contributed by atoms with Crippen LogP contribution in [0.25, 0.3) is 0 Å². The van der Waals surface area contributed by atoms with Gasteiger partial charge in [-0.15, -0.1) is 0 Å². The number of nitrogens with one attached hydrogen (secondary N) is 1. The smallest absolute Gasteiger partial charge is 0.0485 e. The van der Waals surface area contributed by atoms with Crippen molar-refractivity contribution < 1.29 is 4.21 Å². The van der Waals surface area contributed by atoms with Gasteiger partial charge in [0.2, 0.25) is 0 Å². The van der Waals surface area contributed by atoms with Crippen LogP contribution in [-0.4, -0.2) is 22.5 Å². The quantitative estimate of drug-likeness (QED) is 0.784. The second-order valence-corrected chi connectivity index (χ2v) is 6.45. The van der Waals surface area contributed by atoms with Crippen LogP contribution in [-0.2, 0) is 16.6 Å². The molecule has 1 aromatic rings. The molecule has 18 heavy (non-hydrogen) atoms. The first-order valence-corrected chi connectivity index (χ1v) is 8.24. The molecule has 2 nitrogen and oxygen atoms in total. The van der Waals surface area contributed by atoms with E-state index >= 15 is 0 Å². The summed E-state index contributed by atoms with van der Waals surface area (Å²) in [5, 5.41) is 3.38. The average molecular weight is 267 g/mol. The van der Waals surface area contributed by atoms with Gasteiger partial charge in [-0.05, 0) is 38.8 Å². The summed E-state index contributed by atoms with van der Waals surface area (Å²) in [6.45, 7) is 7.39. The number of hydrogen-bond acceptors (Lipinski definition) is 2. The molecule has 0 radical (unpaired) electrons. The fraction of sp³-hybridized carbons (Fsp3) is 0.600. The molecule has 0 spiro atoms. The minimum Gasteiger partial charge on any atom is -0.315 e. The zero-order valence-electron chi connectivity index (χ0n) is 11.7. The Balaban J connectivity index is 2.25. The lowest BCUT2D eigenvalue weighted by atomic mass is 10.2. The van der Waals surface area contributed by atoms with Gasteiger partial charge >= 0.3 is 0 Å². The Hall–Kier alpha value is -0.670. The van der Waals surface area contributed by atoms with Crippen LogP contribution in [0.4, 0.5) is 0 Å². The summed E-state index contributed by atoms with van der Waals surface area (Å²) in [5.74, 6) is 1.50. The molecule has 0 aliphatic carbocycles. The molecule has 2 atom stereocenters. The molecule has 0 bridgehead atoms. The molecule has 102 valence electrons. The van der Waals surface area contributed by atoms with Crippen molar-refractivity contribution >= 4 is 10.8 Å². The Morgan fingerprint density at radius 3 is 2.83 bits per heavy atom. The molecule has 0 heterocycles. The minimum atomic E-state index is -0.727. The Kier molecular flexibility index (Phi) is 7.21. The SMILES string of the molecule is CCNC(C)CCCS(=O)Cc1cccc(C)c1. The summed E-state index contributed by atoms with van der Waals surface area (Å²) in [6, 6.07) is 8.83. The highest BCUT2D eigenvalue weighted by Gasteiger charge is 2.04. The van der Waals surface area contributed by atoms with Crippen LogP contribution in [0, 0.1) is 6.92 Å². The number of hydrogen-bond donors (Lipinski definition) is 1. The van der Waals surface area contributed by atoms with Gasteiger partial charge in [-0.2, -0.15) is 0 Å². The van der Waals surface area contributed by atoms with E-state index in [0.29, 0.717) is 11.8 Å². The highest BCUT2D eigenvalue weighted by Crippen LogP contribution is 2.08. The third-order valence-electron chi connectivity index (χ3n) is 2.97. The van der Waals surface area contributed by atoms with E-state index in [0.717, 1.165) is 25.1 Å². The van der Waals surface area contributed by atoms with E-state index in [1.165, 1.54) is 11.1 Å². The predicted molar refractivity (Wildman–Crippen MR) is 80.3 cm³/mol. The summed E-state index contributed by atoms with van der Waals surface area (Å²) >= 11 is 0. The van der Waals surface area contributed by atoms with Crippen LogP contribution in [0.3, 0.4) is 0 Å². The monoisotopic (exact) mass is 267 g/mol. The van der Waals surface area contributed by atoms with Gasteiger partial charge in [-0.1, -0.05) is 36.8 Å². The average Bonchev–Trinajstić information content (AvgIpc) is 2.29. The molecular formula is C15H25NOS. The first kappa shape index (κ1) is 15.4. The van der Waals surface area contributed by atoms with Crippen LogP contribution in [0.1, 0.15) is 37.8 Å². The maximum absolute atomic E-state index is 12.0. The summed E-state index contributed by atoms with van der Waals surface area (Å²) in [5.41, 5.74) is 2.43. The maximum atomic E-state index is 12.0. The lowest BCUT2D eigenvalue weighted by Crippen LogP contribution is -2.25. The van der Waals surface area contributed by atoms with Crippen LogP contribution in [0.2, 0.25) is 0 Å². The second-order valence-electron chi connectivity index (χ2n) is 4.88. The fourth-order valence-electron chi connectivity index (χ4n) is 2.06. The van der Waals surface area contributed by atoms with E-state index in [2.05, 4.69) is 44.3 Å². The molecule has 0 aromatic heterocycles. The number of benzene rings is 1. The molecule has 0 aliphatic heterocycles. The van der Waals surface area contributed by atoms with Gasteiger partial charge in [0.1, 0.15) is 0 Å². The molecule has 3 heteroatoms. The first-order valence-electron chi connectivity index (χ1n) is 6.75. The van der Waals surface area contributed by atoms with Crippen LogP contribution in [0.15, 0.2) is 24.3 Å². The Labute approximate surface area is 114 Å². The molecule has 0 saturated carbocycles. The summed E-state index contributed by atoms with van der Waals surface area (Å²) in [4.78, 5) is 0. The van der Waals surface area contributed by atoms with Gasteiger partial charge in [0.25, 0.3) is 0 Å². The van der Waals surface area contributed by atoms with Crippen molar-refractivity contribution in [3.05, 3.63) is 35.4 Å². The molecule has 1 rings (SSSR count). The third-order valence-corrected chi connectivity index (χ3v) is 4.37. The molecule has 0 saturated heterocycles. The molecule has 1 N–H and O–H groups in total. The fourth-order valence-corrected chi connectivity index (χ4v) is 3.25. The largest absolute Gasteiger partial charge is 0.315 e. The highest BCUT2D eigenvalue weighted by atomic mass is 32.2. The van der Waals surface area contributed by atoms with Gasteiger partial charge < -0.3 is 5.32 Å². The van der Waals surface area contributed by atoms with Crippen molar-refractivity contribution in [3.63, 3.8) is 0 Å². The molecule has 0 amide bonds. The second kappa shape index (κ2) is 8.44. The molecule has 0 fully saturated rings. The van der Waals surface area contributed by atoms with E-state index < -0.39 is 10.8 Å². The van der Waals surface area contributed by atoms with Crippen molar-refractivity contribution in [2.45, 2.75) is 45.4 Å². The van der Waals surface area contributed by atoms with Gasteiger partial charge in [0, 0.05) is 28.3 Å². The predicted octanol–water partition coefficient (Wildman–Crippen LogP) is 3.02. The van der Waals surface area contributed by atoms with Gasteiger partial charge in [0.05, 0.1) is 0 Å². The van der Waals surface area contributed by atoms with E-state index in [-0.39, 0.29) is 0 Å². The Morgan fingerprint density at radius 1 is 1.39 bits per heavy atom. The number of aryl methyl sites for hydroxylation is 1. The van der Waals surface area contributed by atoms with Crippen molar-refractivity contribution in [3.8, 4) is 0 Å². The van der Waals surface area contributed by atoms with Crippen LogP contribution >= 0.6 is 0 Å². The van der Waals surface area contributed by atoms with Crippen LogP contribution in [0.5, 0.6) is 0 Å². The summed E-state index contributed by atoms with van der Waals surface area (Å²) < 4.78 is 12.0. The van der Waals surface area contributed by atoms with Gasteiger partial charge in [0.15, 0.2) is 0 Å². The number of rotatable bonds is 8. The summed E-state index contributed by atoms with van der Waals surface area (Å²) in [6.07, 6.45) is 2.14. The Bertz CT molecular complexity index is 379. The minimum absolute atomic E-state index is 0.533. The van der Waals surface area contributed by atoms with E-state index in [1.54, 1.807) is 0 Å². The summed E-state index contributed by atoms with van der Waals surface area (Å²) in [7, 11) is -0.727. The molecular weight excluding hydrogens is 242 g/mol. The van der Waals surface area contributed by atoms with E-state index in [9.17, 15) is 4.21 Å². The van der Waals surface area contributed by atoms with Crippen molar-refractivity contribution in [2.24, 2.45) is 0 Å². The van der Waals surface area contributed by atoms with Crippen molar-refractivity contribution in [1.29, 1.82) is 0 Å². The lowest BCUT2D eigenvalue weighted by molar-refractivity contribution is 0.525. The standard InChI is InChI=1S/C15H25NOS/c1-4-16-14(3)8-6-10-18(17)12-15-9-5-7-13(2)11-15/h5,7,9,11,14,16H,4,6,8,10,12H2,1-3H3. The Morgan fingerprint density at radius 2 is 2.17 bits per heavy atom. The van der Waals surface area contributed by atoms with Crippen molar-refractivity contribution in [2.75, 3.05) is 12.3 Å². The zero-order valence-corrected chi connectivity index (χ0v) is 12.6. The topological polar surface area (TPSA) is 29.1 Å². The van der Waals surface area contributed by atoms with E-state index in [1.807, 2.05) is 6.07 Å². The zero-order chi connectivity index (χ0) is 13.4. The highest BCUT2D eigenvalue weighted by molar-refractivity contribution is 7.84. The first-order chi connectivity index (χ1) is 8.61. The maximum Gasteiger partial charge on any atom is 0.0485 e. The van der Waals surface area contributed by atoms with Gasteiger partial charge in [-0.25, -0.2) is 0 Å². The molecule has 2 unspecified atom stereocenters. The van der Waals surface area contributed by atoms with Crippen LogP contribution < -0.4 is 5.32 Å². The molecule has 0 aliphatic rings.